The van der Waals surface area contributed by atoms with Crippen LogP contribution in [0, 0.1) is 0 Å². The molecular weight excluding hydrogens is 338 g/mol. The first kappa shape index (κ1) is 18.8. The molecular formula is C19H22ClN3O2. The molecule has 5 nitrogen and oxygen atoms in total. The maximum Gasteiger partial charge on any atom is 0.275 e. The highest BCUT2D eigenvalue weighted by Gasteiger charge is 2.10. The monoisotopic (exact) mass is 359 g/mol. The molecule has 1 amide bonds. The first-order valence-electron chi connectivity index (χ1n) is 8.11. The number of amides is 1. The molecule has 132 valence electrons. The Morgan fingerprint density at radius 1 is 1.24 bits per heavy atom. The number of carbonyl (C=O) groups excluding carboxylic acids is 1. The average Bonchev–Trinajstić information content (AvgIpc) is 2.64. The van der Waals surface area contributed by atoms with E-state index in [4.69, 9.17) is 16.3 Å². The van der Waals surface area contributed by atoms with Gasteiger partial charge in [-0.2, -0.15) is 5.10 Å². The van der Waals surface area contributed by atoms with Crippen LogP contribution in [-0.4, -0.2) is 32.3 Å². The second-order valence-electron chi connectivity index (χ2n) is 5.28. The molecule has 0 aromatic heterocycles. The average molecular weight is 360 g/mol. The molecule has 0 aliphatic carbocycles. The topological polar surface area (TPSA) is 53.9 Å². The summed E-state index contributed by atoms with van der Waals surface area (Å²) in [6.07, 6.45) is 1.53. The molecule has 25 heavy (non-hydrogen) atoms. The van der Waals surface area contributed by atoms with Gasteiger partial charge in [-0.3, -0.25) is 4.79 Å². The summed E-state index contributed by atoms with van der Waals surface area (Å²) < 4.78 is 5.17. The molecule has 1 N–H and O–H groups in total. The molecule has 0 saturated heterocycles. The van der Waals surface area contributed by atoms with Gasteiger partial charge in [0, 0.05) is 24.3 Å². The van der Waals surface area contributed by atoms with E-state index in [1.807, 2.05) is 18.2 Å². The van der Waals surface area contributed by atoms with Gasteiger partial charge in [0.25, 0.3) is 5.91 Å². The van der Waals surface area contributed by atoms with Gasteiger partial charge >= 0.3 is 0 Å². The number of halogens is 1. The normalized spacial score (nSPS) is 10.7. The van der Waals surface area contributed by atoms with E-state index in [-0.39, 0.29) is 5.91 Å². The van der Waals surface area contributed by atoms with Crippen LogP contribution in [0.1, 0.15) is 29.8 Å². The number of benzene rings is 2. The summed E-state index contributed by atoms with van der Waals surface area (Å²) in [5.74, 6) is 0.154. The smallest absolute Gasteiger partial charge is 0.275 e. The van der Waals surface area contributed by atoms with Gasteiger partial charge in [-0.05, 0) is 44.2 Å². The molecule has 0 atom stereocenters. The van der Waals surface area contributed by atoms with Crippen molar-refractivity contribution in [2.45, 2.75) is 13.8 Å². The molecule has 2 rings (SSSR count). The van der Waals surface area contributed by atoms with E-state index in [0.29, 0.717) is 16.3 Å². The first-order chi connectivity index (χ1) is 12.1. The Morgan fingerprint density at radius 2 is 1.96 bits per heavy atom. The highest BCUT2D eigenvalue weighted by molar-refractivity contribution is 6.33. The molecule has 0 spiro atoms. The van der Waals surface area contributed by atoms with Gasteiger partial charge in [-0.15, -0.1) is 0 Å². The number of hydrogen-bond donors (Lipinski definition) is 1. The molecule has 2 aromatic carbocycles. The SMILES string of the molecule is CCN(CC)c1ccc(/C=N\NC(=O)c2ccccc2OC)c(Cl)c1. The van der Waals surface area contributed by atoms with Gasteiger partial charge in [0.2, 0.25) is 0 Å². The summed E-state index contributed by atoms with van der Waals surface area (Å²) in [5, 5.41) is 4.57. The van der Waals surface area contributed by atoms with E-state index in [2.05, 4.69) is 29.3 Å². The number of hydrogen-bond acceptors (Lipinski definition) is 4. The quantitative estimate of drug-likeness (QED) is 0.601. The van der Waals surface area contributed by atoms with Crippen LogP contribution in [0.4, 0.5) is 5.69 Å². The summed E-state index contributed by atoms with van der Waals surface area (Å²) in [4.78, 5) is 14.4. The number of methoxy groups -OCH3 is 1. The van der Waals surface area contributed by atoms with Crippen LogP contribution in [-0.2, 0) is 0 Å². The van der Waals surface area contributed by atoms with Crippen molar-refractivity contribution in [1.29, 1.82) is 0 Å². The minimum Gasteiger partial charge on any atom is -0.496 e. The maximum atomic E-state index is 12.2. The van der Waals surface area contributed by atoms with E-state index >= 15 is 0 Å². The number of hydrazone groups is 1. The second kappa shape index (κ2) is 9.08. The lowest BCUT2D eigenvalue weighted by Crippen LogP contribution is -2.21. The predicted molar refractivity (Wildman–Crippen MR) is 103 cm³/mol. The fourth-order valence-electron chi connectivity index (χ4n) is 2.46. The van der Waals surface area contributed by atoms with Crippen molar-refractivity contribution in [3.05, 3.63) is 58.6 Å². The molecule has 0 radical (unpaired) electrons. The van der Waals surface area contributed by atoms with Crippen LogP contribution >= 0.6 is 11.6 Å². The lowest BCUT2D eigenvalue weighted by molar-refractivity contribution is 0.0952. The zero-order valence-electron chi connectivity index (χ0n) is 14.6. The second-order valence-corrected chi connectivity index (χ2v) is 5.68. The van der Waals surface area contributed by atoms with Gasteiger partial charge in [0.05, 0.1) is 23.9 Å². The zero-order valence-corrected chi connectivity index (χ0v) is 15.4. The van der Waals surface area contributed by atoms with Gasteiger partial charge in [-0.25, -0.2) is 5.43 Å². The molecule has 0 saturated carbocycles. The third kappa shape index (κ3) is 4.73. The van der Waals surface area contributed by atoms with Gasteiger partial charge in [-0.1, -0.05) is 23.7 Å². The molecule has 0 unspecified atom stereocenters. The molecule has 0 aliphatic rings. The summed E-state index contributed by atoms with van der Waals surface area (Å²) in [6, 6.07) is 12.7. The Hall–Kier alpha value is -2.53. The van der Waals surface area contributed by atoms with E-state index in [1.54, 1.807) is 24.3 Å². The van der Waals surface area contributed by atoms with E-state index < -0.39 is 0 Å². The summed E-state index contributed by atoms with van der Waals surface area (Å²) in [5.41, 5.74) is 4.71. The highest BCUT2D eigenvalue weighted by atomic mass is 35.5. The number of nitrogens with one attached hydrogen (secondary N) is 1. The number of rotatable bonds is 7. The Bertz CT molecular complexity index is 758. The van der Waals surface area contributed by atoms with Gasteiger partial charge in [0.1, 0.15) is 5.75 Å². The molecule has 0 fully saturated rings. The summed E-state index contributed by atoms with van der Waals surface area (Å²) in [6.45, 7) is 6.02. The van der Waals surface area contributed by atoms with Crippen molar-refractivity contribution in [3.63, 3.8) is 0 Å². The third-order valence-corrected chi connectivity index (χ3v) is 4.16. The Labute approximate surface area is 153 Å². The minimum absolute atomic E-state index is 0.343. The molecule has 0 heterocycles. The van der Waals surface area contributed by atoms with Crippen molar-refractivity contribution in [1.82, 2.24) is 5.43 Å². The molecule has 6 heteroatoms. The molecule has 0 bridgehead atoms. The van der Waals surface area contributed by atoms with Gasteiger partial charge in [0.15, 0.2) is 0 Å². The number of para-hydroxylation sites is 1. The number of anilines is 1. The van der Waals surface area contributed by atoms with Crippen LogP contribution in [0.2, 0.25) is 5.02 Å². The van der Waals surface area contributed by atoms with Crippen molar-refractivity contribution in [3.8, 4) is 5.75 Å². The third-order valence-electron chi connectivity index (χ3n) is 3.83. The first-order valence-corrected chi connectivity index (χ1v) is 8.49. The largest absolute Gasteiger partial charge is 0.496 e. The Morgan fingerprint density at radius 3 is 2.60 bits per heavy atom. The Kier molecular flexibility index (Phi) is 6.83. The lowest BCUT2D eigenvalue weighted by atomic mass is 10.2. The Balaban J connectivity index is 2.08. The van der Waals surface area contributed by atoms with Crippen LogP contribution in [0.3, 0.4) is 0 Å². The fraction of sp³-hybridized carbons (Fsp3) is 0.263. The fourth-order valence-corrected chi connectivity index (χ4v) is 2.68. The van der Waals surface area contributed by atoms with Crippen LogP contribution < -0.4 is 15.1 Å². The van der Waals surface area contributed by atoms with Crippen molar-refractivity contribution >= 4 is 29.4 Å². The van der Waals surface area contributed by atoms with E-state index in [9.17, 15) is 4.79 Å². The van der Waals surface area contributed by atoms with Crippen molar-refractivity contribution in [2.24, 2.45) is 5.10 Å². The lowest BCUT2D eigenvalue weighted by Gasteiger charge is -2.21. The number of carbonyl (C=O) groups is 1. The standard InChI is InChI=1S/C19H22ClN3O2/c1-4-23(5-2)15-11-10-14(17(20)12-15)13-21-22-19(24)16-8-6-7-9-18(16)25-3/h6-13H,4-5H2,1-3H3,(H,22,24)/b21-13-. The van der Waals surface area contributed by atoms with E-state index in [0.717, 1.165) is 24.3 Å². The predicted octanol–water partition coefficient (Wildman–Crippen LogP) is 3.96. The van der Waals surface area contributed by atoms with Gasteiger partial charge < -0.3 is 9.64 Å². The van der Waals surface area contributed by atoms with Crippen molar-refractivity contribution < 1.29 is 9.53 Å². The molecule has 0 aliphatic heterocycles. The van der Waals surface area contributed by atoms with E-state index in [1.165, 1.54) is 13.3 Å². The van der Waals surface area contributed by atoms with Crippen LogP contribution in [0.5, 0.6) is 5.75 Å². The van der Waals surface area contributed by atoms with Crippen molar-refractivity contribution in [2.75, 3.05) is 25.1 Å². The summed E-state index contributed by atoms with van der Waals surface area (Å²) >= 11 is 6.32. The van der Waals surface area contributed by atoms with Crippen LogP contribution in [0.25, 0.3) is 0 Å². The number of nitrogens with zero attached hydrogens (tertiary/aromatic N) is 2. The number of ether oxygens (including phenoxy) is 1. The summed E-state index contributed by atoms with van der Waals surface area (Å²) in [7, 11) is 1.52. The zero-order chi connectivity index (χ0) is 18.2. The molecule has 2 aromatic rings. The highest BCUT2D eigenvalue weighted by Crippen LogP contribution is 2.22. The van der Waals surface area contributed by atoms with Crippen LogP contribution in [0.15, 0.2) is 47.6 Å². The minimum atomic E-state index is -0.343. The maximum absolute atomic E-state index is 12.2.